The number of likely N-dealkylation sites (tertiary alicyclic amines) is 1. The highest BCUT2D eigenvalue weighted by Crippen LogP contribution is 2.12. The third-order valence-corrected chi connectivity index (χ3v) is 3.91. The molecule has 1 aliphatic rings. The monoisotopic (exact) mass is 271 g/mol. The highest BCUT2D eigenvalue weighted by Gasteiger charge is 2.22. The molecule has 18 heavy (non-hydrogen) atoms. The summed E-state index contributed by atoms with van der Waals surface area (Å²) < 4.78 is 0. The number of thiocarbonyl (C=S) groups is 1. The number of hydrogen-bond acceptors (Lipinski definition) is 2. The van der Waals surface area contributed by atoms with Crippen LogP contribution in [0.5, 0.6) is 0 Å². The number of amides is 2. The van der Waals surface area contributed by atoms with Crippen LogP contribution in [0.25, 0.3) is 0 Å². The van der Waals surface area contributed by atoms with Crippen LogP contribution in [0.3, 0.4) is 0 Å². The Morgan fingerprint density at radius 2 is 1.89 bits per heavy atom. The molecular weight excluding hydrogens is 246 g/mol. The number of hydrogen-bond donors (Lipinski definition) is 1. The van der Waals surface area contributed by atoms with Crippen LogP contribution in [0, 0.1) is 5.92 Å². The molecule has 5 heteroatoms. The zero-order chi connectivity index (χ0) is 13.5. The molecule has 0 aromatic carbocycles. The van der Waals surface area contributed by atoms with Crippen molar-refractivity contribution in [2.45, 2.75) is 39.5 Å². The van der Waals surface area contributed by atoms with Gasteiger partial charge in [0.15, 0.2) is 0 Å². The van der Waals surface area contributed by atoms with Crippen LogP contribution in [-0.4, -0.2) is 47.0 Å². The molecule has 1 fully saturated rings. The molecule has 1 saturated heterocycles. The average molecular weight is 271 g/mol. The molecule has 104 valence electrons. The van der Waals surface area contributed by atoms with Crippen molar-refractivity contribution in [3.63, 3.8) is 0 Å². The van der Waals surface area contributed by atoms with E-state index in [0.717, 1.165) is 25.9 Å². The first-order valence-corrected chi connectivity index (χ1v) is 7.30. The van der Waals surface area contributed by atoms with Gasteiger partial charge in [0.25, 0.3) is 0 Å². The van der Waals surface area contributed by atoms with Crippen molar-refractivity contribution < 1.29 is 4.79 Å². The summed E-state index contributed by atoms with van der Waals surface area (Å²) in [5, 5.41) is 0. The lowest BCUT2D eigenvalue weighted by atomic mass is 10.1. The first-order chi connectivity index (χ1) is 8.56. The fraction of sp³-hybridized carbons (Fsp3) is 0.846. The van der Waals surface area contributed by atoms with Crippen molar-refractivity contribution in [2.24, 2.45) is 11.7 Å². The molecular formula is C13H25N3OS. The fourth-order valence-electron chi connectivity index (χ4n) is 2.22. The maximum absolute atomic E-state index is 12.4. The second-order valence-corrected chi connectivity index (χ2v) is 5.50. The van der Waals surface area contributed by atoms with E-state index >= 15 is 0 Å². The predicted octanol–water partition coefficient (Wildman–Crippen LogP) is 2.23. The lowest BCUT2D eigenvalue weighted by Crippen LogP contribution is -2.46. The van der Waals surface area contributed by atoms with Gasteiger partial charge in [-0.1, -0.05) is 32.0 Å². The van der Waals surface area contributed by atoms with E-state index in [0.29, 0.717) is 18.1 Å². The van der Waals surface area contributed by atoms with Gasteiger partial charge in [-0.3, -0.25) is 0 Å². The van der Waals surface area contributed by atoms with Crippen molar-refractivity contribution in [2.75, 3.05) is 26.2 Å². The third-order valence-electron chi connectivity index (χ3n) is 3.51. The molecule has 1 atom stereocenters. The van der Waals surface area contributed by atoms with Crippen LogP contribution in [0.2, 0.25) is 0 Å². The van der Waals surface area contributed by atoms with Gasteiger partial charge in [-0.05, 0) is 19.8 Å². The van der Waals surface area contributed by atoms with Gasteiger partial charge < -0.3 is 15.5 Å². The summed E-state index contributed by atoms with van der Waals surface area (Å²) in [5.41, 5.74) is 5.62. The minimum absolute atomic E-state index is 0.0795. The van der Waals surface area contributed by atoms with Crippen LogP contribution in [0.4, 0.5) is 4.79 Å². The van der Waals surface area contributed by atoms with Crippen LogP contribution in [-0.2, 0) is 0 Å². The van der Waals surface area contributed by atoms with E-state index in [9.17, 15) is 4.79 Å². The maximum atomic E-state index is 12.4. The molecule has 4 nitrogen and oxygen atoms in total. The summed E-state index contributed by atoms with van der Waals surface area (Å²) in [5.74, 6) is 0.0795. The van der Waals surface area contributed by atoms with E-state index in [1.165, 1.54) is 12.8 Å². The van der Waals surface area contributed by atoms with Gasteiger partial charge in [-0.25, -0.2) is 4.79 Å². The third kappa shape index (κ3) is 4.44. The number of rotatable bonds is 4. The standard InChI is InChI=1S/C13H25N3OS/c1-3-15(10-11(2)12(14)18)13(17)16-8-6-4-5-7-9-16/h11H,3-10H2,1-2H3,(H2,14,18). The molecule has 1 aliphatic heterocycles. The summed E-state index contributed by atoms with van der Waals surface area (Å²) >= 11 is 4.98. The van der Waals surface area contributed by atoms with E-state index in [2.05, 4.69) is 0 Å². The molecule has 2 N–H and O–H groups in total. The van der Waals surface area contributed by atoms with Gasteiger partial charge in [0, 0.05) is 32.1 Å². The van der Waals surface area contributed by atoms with E-state index in [1.807, 2.05) is 23.6 Å². The van der Waals surface area contributed by atoms with Crippen LogP contribution in [0.1, 0.15) is 39.5 Å². The van der Waals surface area contributed by atoms with Crippen molar-refractivity contribution in [3.8, 4) is 0 Å². The first-order valence-electron chi connectivity index (χ1n) is 6.89. The summed E-state index contributed by atoms with van der Waals surface area (Å²) in [6.07, 6.45) is 4.71. The highest BCUT2D eigenvalue weighted by molar-refractivity contribution is 7.80. The van der Waals surface area contributed by atoms with Crippen molar-refractivity contribution in [3.05, 3.63) is 0 Å². The minimum Gasteiger partial charge on any atom is -0.393 e. The summed E-state index contributed by atoms with van der Waals surface area (Å²) in [6.45, 7) is 7.08. The molecule has 0 aliphatic carbocycles. The minimum atomic E-state index is 0.0795. The summed E-state index contributed by atoms with van der Waals surface area (Å²) in [6, 6.07) is 0.141. The maximum Gasteiger partial charge on any atom is 0.320 e. The smallest absolute Gasteiger partial charge is 0.320 e. The molecule has 2 amide bonds. The second-order valence-electron chi connectivity index (χ2n) is 5.03. The zero-order valence-electron chi connectivity index (χ0n) is 11.5. The molecule has 0 aromatic heterocycles. The zero-order valence-corrected chi connectivity index (χ0v) is 12.3. The summed E-state index contributed by atoms with van der Waals surface area (Å²) in [4.78, 5) is 16.7. The SMILES string of the molecule is CCN(CC(C)C(N)=S)C(=O)N1CCCCCC1. The highest BCUT2D eigenvalue weighted by atomic mass is 32.1. The average Bonchev–Trinajstić information content (AvgIpc) is 2.63. The Morgan fingerprint density at radius 3 is 2.33 bits per heavy atom. The Hall–Kier alpha value is -0.840. The Balaban J connectivity index is 2.57. The Morgan fingerprint density at radius 1 is 1.33 bits per heavy atom. The van der Waals surface area contributed by atoms with Gasteiger partial charge in [-0.2, -0.15) is 0 Å². The number of carbonyl (C=O) groups is 1. The lowest BCUT2D eigenvalue weighted by Gasteiger charge is -2.30. The quantitative estimate of drug-likeness (QED) is 0.798. The Labute approximate surface area is 115 Å². The lowest BCUT2D eigenvalue weighted by molar-refractivity contribution is 0.154. The Kier molecular flexibility index (Phi) is 6.39. The Bertz CT molecular complexity index is 288. The van der Waals surface area contributed by atoms with E-state index in [4.69, 9.17) is 18.0 Å². The van der Waals surface area contributed by atoms with Gasteiger partial charge in [0.1, 0.15) is 0 Å². The summed E-state index contributed by atoms with van der Waals surface area (Å²) in [7, 11) is 0. The molecule has 1 heterocycles. The molecule has 0 saturated carbocycles. The van der Waals surface area contributed by atoms with Crippen molar-refractivity contribution >= 4 is 23.2 Å². The topological polar surface area (TPSA) is 49.6 Å². The molecule has 1 rings (SSSR count). The fourth-order valence-corrected chi connectivity index (χ4v) is 2.30. The van der Waals surface area contributed by atoms with Crippen molar-refractivity contribution in [1.82, 2.24) is 9.80 Å². The second kappa shape index (κ2) is 7.56. The number of nitrogens with zero attached hydrogens (tertiary/aromatic N) is 2. The van der Waals surface area contributed by atoms with Gasteiger partial charge in [0.05, 0.1) is 4.99 Å². The molecule has 0 spiro atoms. The van der Waals surface area contributed by atoms with E-state index < -0.39 is 0 Å². The molecule has 0 bridgehead atoms. The molecule has 1 unspecified atom stereocenters. The van der Waals surface area contributed by atoms with E-state index in [1.54, 1.807) is 0 Å². The van der Waals surface area contributed by atoms with Crippen LogP contribution < -0.4 is 5.73 Å². The first kappa shape index (κ1) is 15.2. The molecule has 0 aromatic rings. The van der Waals surface area contributed by atoms with Gasteiger partial charge in [0.2, 0.25) is 0 Å². The van der Waals surface area contributed by atoms with Crippen molar-refractivity contribution in [1.29, 1.82) is 0 Å². The largest absolute Gasteiger partial charge is 0.393 e. The molecule has 0 radical (unpaired) electrons. The van der Waals surface area contributed by atoms with Gasteiger partial charge in [-0.15, -0.1) is 0 Å². The van der Waals surface area contributed by atoms with Crippen LogP contribution in [0.15, 0.2) is 0 Å². The number of carbonyl (C=O) groups excluding carboxylic acids is 1. The van der Waals surface area contributed by atoms with Gasteiger partial charge >= 0.3 is 6.03 Å². The number of nitrogens with two attached hydrogens (primary N) is 1. The predicted molar refractivity (Wildman–Crippen MR) is 78.6 cm³/mol. The number of urea groups is 1. The normalized spacial score (nSPS) is 18.0. The van der Waals surface area contributed by atoms with Crippen LogP contribution >= 0.6 is 12.2 Å². The van der Waals surface area contributed by atoms with E-state index in [-0.39, 0.29) is 11.9 Å².